The molecule has 33 heavy (non-hydrogen) atoms. The van der Waals surface area contributed by atoms with Gasteiger partial charge in [-0.05, 0) is 66.4 Å². The summed E-state index contributed by atoms with van der Waals surface area (Å²) in [7, 11) is -1.58. The summed E-state index contributed by atoms with van der Waals surface area (Å²) in [6, 6.07) is 35.9. The number of nitrogens with zero attached hydrogens (tertiary/aromatic N) is 1. The van der Waals surface area contributed by atoms with Crippen molar-refractivity contribution in [3.63, 3.8) is 0 Å². The van der Waals surface area contributed by atoms with Gasteiger partial charge in [0.25, 0.3) is 0 Å². The molecule has 0 amide bonds. The highest BCUT2D eigenvalue weighted by atomic mass is 31.2. The van der Waals surface area contributed by atoms with Crippen molar-refractivity contribution in [2.75, 3.05) is 7.11 Å². The van der Waals surface area contributed by atoms with Crippen LogP contribution in [0.5, 0.6) is 5.75 Å². The Hall–Kier alpha value is -3.42. The Bertz CT molecular complexity index is 1270. The molecule has 0 spiro atoms. The Morgan fingerprint density at radius 1 is 0.788 bits per heavy atom. The fraction of sp³-hybridized carbons (Fsp3) is 0.138. The number of hydrogen-bond acceptors (Lipinski definition) is 2. The summed E-state index contributed by atoms with van der Waals surface area (Å²) in [6.45, 7) is 0. The Balaban J connectivity index is 1.76. The summed E-state index contributed by atoms with van der Waals surface area (Å²) in [4.78, 5) is 0. The predicted octanol–water partition coefficient (Wildman–Crippen LogP) is 6.14. The maximum Gasteiger partial charge on any atom is 0.247 e. The normalized spacial score (nSPS) is 16.9. The highest BCUT2D eigenvalue weighted by Gasteiger charge is 2.33. The molecule has 0 bridgehead atoms. The van der Waals surface area contributed by atoms with Crippen LogP contribution >= 0.6 is 7.29 Å². The number of aryl methyl sites for hydroxylation is 1. The molecule has 0 N–H and O–H groups in total. The van der Waals surface area contributed by atoms with E-state index in [9.17, 15) is 4.57 Å². The molecule has 1 unspecified atom stereocenters. The summed E-state index contributed by atoms with van der Waals surface area (Å²) in [6.07, 6.45) is 1.83. The lowest BCUT2D eigenvalue weighted by Gasteiger charge is -2.29. The monoisotopic (exact) mass is 451 g/mol. The molecule has 4 aromatic rings. The summed E-state index contributed by atoms with van der Waals surface area (Å²) in [5.74, 6) is 0.911. The standard InChI is InChI=1S/C29H26NO2P/c1-32-24-18-20-28-23(21-24)17-19-27(22-11-5-2-6-12-22)29(28)30-33(31,25-13-7-3-8-14-25)26-15-9-4-10-16-26/h2-16,18,20-21,27H,17,19H2,1H3/b30-29+. The van der Waals surface area contributed by atoms with Crippen molar-refractivity contribution in [3.05, 3.63) is 126 Å². The fourth-order valence-electron chi connectivity index (χ4n) is 4.59. The molecule has 3 nitrogen and oxygen atoms in total. The van der Waals surface area contributed by atoms with Crippen molar-refractivity contribution in [2.24, 2.45) is 4.76 Å². The fourth-order valence-corrected chi connectivity index (χ4v) is 6.82. The molecule has 0 aromatic heterocycles. The first-order chi connectivity index (χ1) is 16.2. The van der Waals surface area contributed by atoms with Crippen molar-refractivity contribution in [1.29, 1.82) is 0 Å². The van der Waals surface area contributed by atoms with Crippen molar-refractivity contribution >= 4 is 23.6 Å². The number of benzene rings is 4. The Labute approximate surface area is 195 Å². The molecule has 164 valence electrons. The van der Waals surface area contributed by atoms with Gasteiger partial charge < -0.3 is 4.74 Å². The van der Waals surface area contributed by atoms with E-state index in [-0.39, 0.29) is 5.92 Å². The molecular weight excluding hydrogens is 425 g/mol. The largest absolute Gasteiger partial charge is 0.497 e. The van der Waals surface area contributed by atoms with Gasteiger partial charge in [-0.3, -0.25) is 4.57 Å². The van der Waals surface area contributed by atoms with Crippen LogP contribution in [0.2, 0.25) is 0 Å². The van der Waals surface area contributed by atoms with Gasteiger partial charge in [0.15, 0.2) is 0 Å². The zero-order chi connectivity index (χ0) is 22.7. The van der Waals surface area contributed by atoms with Gasteiger partial charge in [-0.2, -0.15) is 0 Å². The second-order valence-corrected chi connectivity index (χ2v) is 10.6. The number of rotatable bonds is 5. The van der Waals surface area contributed by atoms with Gasteiger partial charge in [0, 0.05) is 22.1 Å². The van der Waals surface area contributed by atoms with Gasteiger partial charge in [0.2, 0.25) is 7.29 Å². The van der Waals surface area contributed by atoms with Gasteiger partial charge in [0.1, 0.15) is 5.75 Å². The molecule has 4 aromatic carbocycles. The SMILES string of the molecule is COc1ccc2c(c1)CCC(c1ccccc1)/C2=N\P(=O)(c1ccccc1)c1ccccc1. The van der Waals surface area contributed by atoms with E-state index in [4.69, 9.17) is 9.50 Å². The Kier molecular flexibility index (Phi) is 5.98. The lowest BCUT2D eigenvalue weighted by atomic mass is 9.78. The molecule has 1 aliphatic carbocycles. The Morgan fingerprint density at radius 2 is 1.36 bits per heavy atom. The van der Waals surface area contributed by atoms with Crippen molar-refractivity contribution < 1.29 is 9.30 Å². The lowest BCUT2D eigenvalue weighted by molar-refractivity contribution is 0.414. The van der Waals surface area contributed by atoms with Gasteiger partial charge in [-0.1, -0.05) is 66.7 Å². The van der Waals surface area contributed by atoms with Crippen LogP contribution < -0.4 is 15.3 Å². The van der Waals surface area contributed by atoms with Crippen molar-refractivity contribution in [3.8, 4) is 5.75 Å². The van der Waals surface area contributed by atoms with Crippen molar-refractivity contribution in [1.82, 2.24) is 0 Å². The minimum Gasteiger partial charge on any atom is -0.497 e. The summed E-state index contributed by atoms with van der Waals surface area (Å²) >= 11 is 0. The van der Waals surface area contributed by atoms with Crippen LogP contribution in [0.25, 0.3) is 0 Å². The number of hydrogen-bond donors (Lipinski definition) is 0. The molecular formula is C29H26NO2P. The van der Waals surface area contributed by atoms with E-state index in [0.717, 1.165) is 40.5 Å². The van der Waals surface area contributed by atoms with Crippen LogP contribution in [-0.4, -0.2) is 12.8 Å². The van der Waals surface area contributed by atoms with E-state index < -0.39 is 7.29 Å². The molecule has 1 atom stereocenters. The molecule has 1 aliphatic rings. The second kappa shape index (κ2) is 9.21. The molecule has 0 saturated heterocycles. The third kappa shape index (κ3) is 4.17. The summed E-state index contributed by atoms with van der Waals surface area (Å²) in [5.41, 5.74) is 4.34. The van der Waals surface area contributed by atoms with Crippen LogP contribution in [0.4, 0.5) is 0 Å². The first-order valence-corrected chi connectivity index (χ1v) is 12.9. The van der Waals surface area contributed by atoms with Crippen molar-refractivity contribution in [2.45, 2.75) is 18.8 Å². The summed E-state index contributed by atoms with van der Waals surface area (Å²) in [5, 5.41) is 1.49. The first kappa shape index (κ1) is 21.4. The number of ether oxygens (including phenoxy) is 1. The van der Waals surface area contributed by atoms with Gasteiger partial charge in [-0.25, -0.2) is 4.76 Å². The molecule has 0 fully saturated rings. The van der Waals surface area contributed by atoms with Crippen LogP contribution in [0, 0.1) is 0 Å². The lowest BCUT2D eigenvalue weighted by Crippen LogP contribution is -2.24. The van der Waals surface area contributed by atoms with E-state index in [1.165, 1.54) is 11.1 Å². The molecule has 0 saturated carbocycles. The molecule has 0 aliphatic heterocycles. The van der Waals surface area contributed by atoms with E-state index in [1.807, 2.05) is 72.8 Å². The molecule has 4 heteroatoms. The van der Waals surface area contributed by atoms with E-state index in [0.29, 0.717) is 0 Å². The van der Waals surface area contributed by atoms with E-state index in [2.05, 4.69) is 36.4 Å². The average Bonchev–Trinajstić information content (AvgIpc) is 2.90. The zero-order valence-corrected chi connectivity index (χ0v) is 19.5. The topological polar surface area (TPSA) is 38.7 Å². The average molecular weight is 452 g/mol. The van der Waals surface area contributed by atoms with Crippen LogP contribution in [-0.2, 0) is 11.0 Å². The third-order valence-corrected chi connectivity index (χ3v) is 8.78. The molecule has 0 heterocycles. The maximum absolute atomic E-state index is 14.8. The third-order valence-electron chi connectivity index (χ3n) is 6.28. The van der Waals surface area contributed by atoms with E-state index >= 15 is 0 Å². The van der Waals surface area contributed by atoms with Crippen LogP contribution in [0.3, 0.4) is 0 Å². The summed E-state index contributed by atoms with van der Waals surface area (Å²) < 4.78 is 25.4. The zero-order valence-electron chi connectivity index (χ0n) is 18.6. The smallest absolute Gasteiger partial charge is 0.247 e. The first-order valence-electron chi connectivity index (χ1n) is 11.2. The minimum atomic E-state index is -3.27. The van der Waals surface area contributed by atoms with Crippen LogP contribution in [0.1, 0.15) is 29.0 Å². The van der Waals surface area contributed by atoms with Gasteiger partial charge in [-0.15, -0.1) is 0 Å². The molecule has 0 radical (unpaired) electrons. The second-order valence-electron chi connectivity index (χ2n) is 8.26. The highest BCUT2D eigenvalue weighted by molar-refractivity contribution is 7.77. The Morgan fingerprint density at radius 3 is 1.94 bits per heavy atom. The predicted molar refractivity (Wildman–Crippen MR) is 137 cm³/mol. The van der Waals surface area contributed by atoms with Gasteiger partial charge >= 0.3 is 0 Å². The minimum absolute atomic E-state index is 0.0767. The maximum atomic E-state index is 14.8. The number of fused-ring (bicyclic) bond motifs is 1. The highest BCUT2D eigenvalue weighted by Crippen LogP contribution is 2.48. The van der Waals surface area contributed by atoms with Crippen LogP contribution in [0.15, 0.2) is 114 Å². The molecule has 5 rings (SSSR count). The number of methoxy groups -OCH3 is 1. The van der Waals surface area contributed by atoms with E-state index in [1.54, 1.807) is 7.11 Å². The quantitative estimate of drug-likeness (QED) is 0.342. The van der Waals surface area contributed by atoms with Gasteiger partial charge in [0.05, 0.1) is 12.8 Å².